The number of hydrogen-bond donors (Lipinski definition) is 9. The molecule has 0 aromatic heterocycles. The van der Waals surface area contributed by atoms with Crippen LogP contribution in [0, 0.1) is 5.41 Å². The Morgan fingerprint density at radius 1 is 0.463 bits per heavy atom. The van der Waals surface area contributed by atoms with Crippen molar-refractivity contribution in [2.45, 2.75) is 31.7 Å². The fraction of sp³-hybridized carbons (Fsp3) is 0.417. The van der Waals surface area contributed by atoms with Crippen LogP contribution < -0.4 is 0 Å². The molecular formula is C36H44O18. The van der Waals surface area contributed by atoms with E-state index in [1.807, 2.05) is 0 Å². The van der Waals surface area contributed by atoms with Gasteiger partial charge < -0.3 is 74.4 Å². The van der Waals surface area contributed by atoms with E-state index < -0.39 is 61.5 Å². The lowest BCUT2D eigenvalue weighted by atomic mass is 9.88. The number of phenols is 6. The van der Waals surface area contributed by atoms with Gasteiger partial charge in [0.2, 0.25) is 0 Å². The Hall–Kier alpha value is -5.37. The Balaban J connectivity index is 1.54. The highest BCUT2D eigenvalue weighted by Crippen LogP contribution is 2.26. The van der Waals surface area contributed by atoms with Crippen molar-refractivity contribution in [3.05, 3.63) is 71.3 Å². The molecule has 54 heavy (non-hydrogen) atoms. The lowest BCUT2D eigenvalue weighted by molar-refractivity contribution is -0.108. The zero-order valence-corrected chi connectivity index (χ0v) is 29.2. The third-order valence-electron chi connectivity index (χ3n) is 7.54. The smallest absolute Gasteiger partial charge is 0.338 e. The average Bonchev–Trinajstić information content (AvgIpc) is 3.10. The van der Waals surface area contributed by atoms with E-state index in [1.54, 1.807) is 6.92 Å². The van der Waals surface area contributed by atoms with Crippen LogP contribution in [0.1, 0.15) is 44.4 Å². The lowest BCUT2D eigenvalue weighted by Gasteiger charge is -2.33. The number of carbonyl (C=O) groups is 3. The zero-order chi connectivity index (χ0) is 39.8. The number of benzene rings is 3. The first-order valence-electron chi connectivity index (χ1n) is 16.5. The molecule has 0 aliphatic heterocycles. The fourth-order valence-electron chi connectivity index (χ4n) is 4.71. The molecule has 0 saturated heterocycles. The molecule has 0 amide bonds. The van der Waals surface area contributed by atoms with Crippen LogP contribution in [0.15, 0.2) is 54.6 Å². The predicted molar refractivity (Wildman–Crippen MR) is 183 cm³/mol. The summed E-state index contributed by atoms with van der Waals surface area (Å²) in [7, 11) is 0. The number of phenolic OH excluding ortho intramolecular Hbond substituents is 6. The molecule has 296 valence electrons. The number of ether oxygens (including phenoxy) is 6. The SMILES string of the molecule is CCC(COCC(O)COC(=O)c1cc(O)cc(O)c1)(COCC(O)COC(=O)c1cc(O)cc(O)c1)COCC(O)COC(=O)c1cc(O)cc(O)c1. The highest BCUT2D eigenvalue weighted by atomic mass is 16.6. The van der Waals surface area contributed by atoms with E-state index in [0.29, 0.717) is 6.42 Å². The van der Waals surface area contributed by atoms with E-state index >= 15 is 0 Å². The fourth-order valence-corrected chi connectivity index (χ4v) is 4.71. The normalized spacial score (nSPS) is 14.0. The molecule has 18 heteroatoms. The molecule has 0 fully saturated rings. The van der Waals surface area contributed by atoms with Crippen molar-refractivity contribution in [2.75, 3.05) is 59.5 Å². The molecule has 3 aromatic rings. The van der Waals surface area contributed by atoms with Gasteiger partial charge >= 0.3 is 17.9 Å². The highest BCUT2D eigenvalue weighted by Gasteiger charge is 2.31. The van der Waals surface area contributed by atoms with Gasteiger partial charge in [0.25, 0.3) is 0 Å². The summed E-state index contributed by atoms with van der Waals surface area (Å²) in [5.74, 6) is -4.94. The molecular weight excluding hydrogens is 720 g/mol. The minimum absolute atomic E-state index is 0.118. The van der Waals surface area contributed by atoms with E-state index in [1.165, 1.54) is 0 Å². The molecule has 18 nitrogen and oxygen atoms in total. The molecule has 3 unspecified atom stereocenters. The van der Waals surface area contributed by atoms with Gasteiger partial charge in [-0.1, -0.05) is 6.92 Å². The number of aliphatic hydroxyl groups is 3. The summed E-state index contributed by atoms with van der Waals surface area (Å²) in [5.41, 5.74) is -1.41. The second kappa shape index (κ2) is 20.8. The predicted octanol–water partition coefficient (Wildman–Crippen LogP) is 1.32. The maximum Gasteiger partial charge on any atom is 0.338 e. The van der Waals surface area contributed by atoms with Crippen LogP contribution in [0.2, 0.25) is 0 Å². The number of rotatable bonds is 22. The van der Waals surface area contributed by atoms with Crippen molar-refractivity contribution >= 4 is 17.9 Å². The van der Waals surface area contributed by atoms with Gasteiger partial charge in [-0.05, 0) is 42.8 Å². The first-order chi connectivity index (χ1) is 25.6. The molecule has 0 spiro atoms. The number of carbonyl (C=O) groups excluding carboxylic acids is 3. The first-order valence-corrected chi connectivity index (χ1v) is 16.5. The van der Waals surface area contributed by atoms with Crippen LogP contribution in [0.4, 0.5) is 0 Å². The maximum absolute atomic E-state index is 12.3. The van der Waals surface area contributed by atoms with E-state index in [4.69, 9.17) is 28.4 Å². The van der Waals surface area contributed by atoms with Gasteiger partial charge in [-0.25, -0.2) is 14.4 Å². The summed E-state index contributed by atoms with van der Waals surface area (Å²) in [6.45, 7) is -1.06. The molecule has 9 N–H and O–H groups in total. The standard InChI is InChI=1S/C36H44O18/c1-2-36(18-49-12-30(43)15-52-33(46)21-3-24(37)9-25(38)4-21,19-50-13-31(44)16-53-34(47)22-5-26(39)10-27(40)6-22)20-51-14-32(45)17-54-35(48)23-7-28(41)11-29(42)8-23/h3-11,30-32,37-45H,2,12-20H2,1H3. The van der Waals surface area contributed by atoms with Crippen LogP contribution in [0.5, 0.6) is 34.5 Å². The van der Waals surface area contributed by atoms with E-state index in [9.17, 15) is 60.3 Å². The van der Waals surface area contributed by atoms with Crippen molar-refractivity contribution in [1.82, 2.24) is 0 Å². The van der Waals surface area contributed by atoms with E-state index in [2.05, 4.69) is 0 Å². The number of aliphatic hydroxyl groups excluding tert-OH is 3. The average molecular weight is 765 g/mol. The van der Waals surface area contributed by atoms with E-state index in [-0.39, 0.29) is 90.8 Å². The summed E-state index contributed by atoms with van der Waals surface area (Å²) in [5, 5.41) is 88.6. The maximum atomic E-state index is 12.3. The summed E-state index contributed by atoms with van der Waals surface area (Å²) in [4.78, 5) is 36.8. The highest BCUT2D eigenvalue weighted by molar-refractivity contribution is 5.91. The molecule has 0 heterocycles. The lowest BCUT2D eigenvalue weighted by Crippen LogP contribution is -2.40. The van der Waals surface area contributed by atoms with Crippen LogP contribution in [-0.4, -0.2) is 142 Å². The Labute approximate surface area is 308 Å². The van der Waals surface area contributed by atoms with Gasteiger partial charge in [-0.15, -0.1) is 0 Å². The zero-order valence-electron chi connectivity index (χ0n) is 29.2. The Morgan fingerprint density at radius 2 is 0.704 bits per heavy atom. The van der Waals surface area contributed by atoms with Crippen LogP contribution in [0.25, 0.3) is 0 Å². The first kappa shape index (κ1) is 43.0. The second-order valence-electron chi connectivity index (χ2n) is 12.4. The summed E-state index contributed by atoms with van der Waals surface area (Å²) in [6, 6.07) is 9.51. The van der Waals surface area contributed by atoms with Gasteiger partial charge in [-0.2, -0.15) is 0 Å². The van der Waals surface area contributed by atoms with Gasteiger partial charge in [0.05, 0.1) is 56.3 Å². The Morgan fingerprint density at radius 3 is 0.926 bits per heavy atom. The van der Waals surface area contributed by atoms with Gasteiger partial charge in [0, 0.05) is 23.6 Å². The summed E-state index contributed by atoms with van der Waals surface area (Å²) in [6.07, 6.45) is -3.57. The molecule has 0 aliphatic rings. The second-order valence-corrected chi connectivity index (χ2v) is 12.4. The molecule has 0 aliphatic carbocycles. The van der Waals surface area contributed by atoms with E-state index in [0.717, 1.165) is 54.6 Å². The number of aromatic hydroxyl groups is 6. The minimum Gasteiger partial charge on any atom is -0.508 e. The molecule has 0 bridgehead atoms. The summed E-state index contributed by atoms with van der Waals surface area (Å²) >= 11 is 0. The van der Waals surface area contributed by atoms with Crippen LogP contribution in [0.3, 0.4) is 0 Å². The minimum atomic E-state index is -1.30. The molecule has 3 atom stereocenters. The largest absolute Gasteiger partial charge is 0.508 e. The monoisotopic (exact) mass is 764 g/mol. The quantitative estimate of drug-likeness (QED) is 0.0515. The van der Waals surface area contributed by atoms with Crippen molar-refractivity contribution in [2.24, 2.45) is 5.41 Å². The number of hydrogen-bond acceptors (Lipinski definition) is 18. The van der Waals surface area contributed by atoms with Crippen LogP contribution >= 0.6 is 0 Å². The third kappa shape index (κ3) is 14.6. The van der Waals surface area contributed by atoms with Gasteiger partial charge in [0.1, 0.15) is 72.6 Å². The summed E-state index contributed by atoms with van der Waals surface area (Å²) < 4.78 is 32.2. The topological polar surface area (TPSA) is 289 Å². The molecule has 3 aromatic carbocycles. The molecule has 0 radical (unpaired) electrons. The van der Waals surface area contributed by atoms with Crippen molar-refractivity contribution < 1.29 is 88.8 Å². The van der Waals surface area contributed by atoms with Crippen molar-refractivity contribution in [3.63, 3.8) is 0 Å². The van der Waals surface area contributed by atoms with Gasteiger partial charge in [0.15, 0.2) is 0 Å². The Bertz CT molecular complexity index is 1440. The molecule has 0 saturated carbocycles. The van der Waals surface area contributed by atoms with Gasteiger partial charge in [-0.3, -0.25) is 0 Å². The van der Waals surface area contributed by atoms with Crippen LogP contribution in [-0.2, 0) is 28.4 Å². The van der Waals surface area contributed by atoms with Crippen molar-refractivity contribution in [3.8, 4) is 34.5 Å². The molecule has 3 rings (SSSR count). The van der Waals surface area contributed by atoms with Crippen molar-refractivity contribution in [1.29, 1.82) is 0 Å². The Kier molecular flexibility index (Phi) is 16.5. The number of esters is 3. The third-order valence-corrected chi connectivity index (χ3v) is 7.54.